The fourth-order valence-corrected chi connectivity index (χ4v) is 4.21. The average Bonchev–Trinajstić information content (AvgIpc) is 3.40. The first kappa shape index (κ1) is 25.9. The van der Waals surface area contributed by atoms with Crippen LogP contribution in [0, 0.1) is 14.4 Å². The molecule has 8 heteroatoms. The molecule has 0 aliphatic heterocycles. The van der Waals surface area contributed by atoms with Crippen LogP contribution in [0.15, 0.2) is 29.1 Å². The van der Waals surface area contributed by atoms with Gasteiger partial charge >= 0.3 is 0 Å². The molecular weight excluding hydrogens is 471 g/mol. The van der Waals surface area contributed by atoms with Crippen LogP contribution in [0.25, 0.3) is 21.5 Å². The van der Waals surface area contributed by atoms with Crippen molar-refractivity contribution < 1.29 is 46.6 Å². The molecule has 4 nitrogen and oxygen atoms in total. The van der Waals surface area contributed by atoms with Crippen molar-refractivity contribution in [2.75, 3.05) is 0 Å². The number of alkyl halides is 2. The van der Waals surface area contributed by atoms with Gasteiger partial charge in [-0.2, -0.15) is 0 Å². The molecule has 1 aliphatic carbocycles. The molecule has 0 saturated heterocycles. The minimum absolute atomic E-state index is 0. The number of benzene rings is 1. The third-order valence-electron chi connectivity index (χ3n) is 4.45. The molecule has 0 unspecified atom stereocenters. The van der Waals surface area contributed by atoms with Gasteiger partial charge in [0.1, 0.15) is 10.4 Å². The Bertz CT molecular complexity index is 1030. The topological polar surface area (TPSA) is 55.1 Å². The van der Waals surface area contributed by atoms with Crippen LogP contribution in [0.4, 0.5) is 8.78 Å². The van der Waals surface area contributed by atoms with E-state index in [0.717, 1.165) is 28.0 Å². The molecule has 155 valence electrons. The van der Waals surface area contributed by atoms with E-state index in [1.165, 1.54) is 11.3 Å². The summed E-state index contributed by atoms with van der Waals surface area (Å²) in [5.74, 6) is 0.151. The van der Waals surface area contributed by atoms with Gasteiger partial charge < -0.3 is 12.5 Å². The molecule has 1 aromatic carbocycles. The van der Waals surface area contributed by atoms with Crippen LogP contribution in [0.1, 0.15) is 43.2 Å². The van der Waals surface area contributed by atoms with E-state index in [1.807, 2.05) is 32.9 Å². The Labute approximate surface area is 198 Å². The summed E-state index contributed by atoms with van der Waals surface area (Å²) in [7, 11) is 0. The zero-order valence-corrected chi connectivity index (χ0v) is 20.7. The number of hydrogen-bond donors (Lipinski definition) is 1. The largest absolute Gasteiger partial charge is 0.505 e. The Kier molecular flexibility index (Phi) is 9.57. The molecule has 3 aromatic rings. The van der Waals surface area contributed by atoms with E-state index >= 15 is 0 Å². The predicted molar refractivity (Wildman–Crippen MR) is 111 cm³/mol. The number of hydrogen-bond acceptors (Lipinski definition) is 4. The zero-order chi connectivity index (χ0) is 19.7. The summed E-state index contributed by atoms with van der Waals surface area (Å²) in [6, 6.07) is 7.11. The number of fused-ring (bicyclic) bond motifs is 1. The monoisotopic (exact) mass is 496 g/mol. The molecule has 1 N–H and O–H groups in total. The molecule has 0 atom stereocenters. The van der Waals surface area contributed by atoms with Gasteiger partial charge in [-0.25, -0.2) is 13.8 Å². The van der Waals surface area contributed by atoms with Gasteiger partial charge in [0.15, 0.2) is 5.65 Å². The van der Waals surface area contributed by atoms with Gasteiger partial charge in [-0.05, 0) is 30.9 Å². The number of pyridine rings is 1. The van der Waals surface area contributed by atoms with Crippen molar-refractivity contribution in [3.05, 3.63) is 52.6 Å². The first-order valence-corrected chi connectivity index (χ1v) is 9.89. The van der Waals surface area contributed by atoms with Crippen LogP contribution in [0.3, 0.4) is 0 Å². The van der Waals surface area contributed by atoms with Crippen molar-refractivity contribution in [1.29, 1.82) is 0 Å². The molecule has 1 radical (unpaired) electrons. The molecule has 4 rings (SSSR count). The van der Waals surface area contributed by atoms with Crippen molar-refractivity contribution in [1.82, 2.24) is 9.55 Å². The van der Waals surface area contributed by atoms with Crippen LogP contribution in [0.2, 0.25) is 0 Å². The molecule has 0 amide bonds. The SMILES string of the molecule is CC.Cc1ccccc1-c1c(O)c2sc(C3CC3)nc2n(CC(F)F)c1=O.[CH3-].[Y]. The maximum absolute atomic E-state index is 13.1. The quantitative estimate of drug-likeness (QED) is 0.468. The third-order valence-corrected chi connectivity index (χ3v) is 5.67. The van der Waals surface area contributed by atoms with Gasteiger partial charge in [0.05, 0.1) is 17.1 Å². The molecular formula is C21H25F2N2O2SY-. The van der Waals surface area contributed by atoms with Crippen LogP contribution in [0.5, 0.6) is 5.75 Å². The molecule has 1 saturated carbocycles. The summed E-state index contributed by atoms with van der Waals surface area (Å²) in [6.45, 7) is 5.08. The summed E-state index contributed by atoms with van der Waals surface area (Å²) >= 11 is 1.29. The van der Waals surface area contributed by atoms with Gasteiger partial charge in [0, 0.05) is 38.6 Å². The summed E-state index contributed by atoms with van der Waals surface area (Å²) in [6.07, 6.45) is -0.671. The van der Waals surface area contributed by atoms with Crippen molar-refractivity contribution in [3.8, 4) is 16.9 Å². The van der Waals surface area contributed by atoms with Crippen molar-refractivity contribution in [2.45, 2.75) is 52.5 Å². The van der Waals surface area contributed by atoms with E-state index in [-0.39, 0.29) is 57.1 Å². The molecule has 29 heavy (non-hydrogen) atoms. The van der Waals surface area contributed by atoms with Crippen molar-refractivity contribution in [2.24, 2.45) is 0 Å². The Balaban J connectivity index is 0.00000102. The number of halogens is 2. The van der Waals surface area contributed by atoms with Crippen LogP contribution in [-0.4, -0.2) is 21.1 Å². The Morgan fingerprint density at radius 2 is 1.90 bits per heavy atom. The number of nitrogens with zero attached hydrogens (tertiary/aromatic N) is 2. The summed E-state index contributed by atoms with van der Waals surface area (Å²) in [5, 5.41) is 11.6. The minimum atomic E-state index is -2.68. The normalized spacial score (nSPS) is 12.8. The van der Waals surface area contributed by atoms with Gasteiger partial charge in [-0.1, -0.05) is 38.1 Å². The van der Waals surface area contributed by atoms with Gasteiger partial charge in [0.2, 0.25) is 0 Å². The molecule has 0 spiro atoms. The van der Waals surface area contributed by atoms with Gasteiger partial charge in [0.25, 0.3) is 12.0 Å². The van der Waals surface area contributed by atoms with E-state index in [9.17, 15) is 18.7 Å². The molecule has 0 bridgehead atoms. The van der Waals surface area contributed by atoms with Gasteiger partial charge in [-0.15, -0.1) is 11.3 Å². The van der Waals surface area contributed by atoms with E-state index in [0.29, 0.717) is 16.2 Å². The fourth-order valence-electron chi connectivity index (χ4n) is 3.02. The van der Waals surface area contributed by atoms with Crippen molar-refractivity contribution in [3.63, 3.8) is 0 Å². The van der Waals surface area contributed by atoms with E-state index in [4.69, 9.17) is 0 Å². The van der Waals surface area contributed by atoms with E-state index in [2.05, 4.69) is 4.98 Å². The Morgan fingerprint density at radius 3 is 2.45 bits per heavy atom. The second-order valence-electron chi connectivity index (χ2n) is 6.32. The van der Waals surface area contributed by atoms with Crippen LogP contribution < -0.4 is 5.56 Å². The van der Waals surface area contributed by atoms with E-state index < -0.39 is 18.5 Å². The van der Waals surface area contributed by atoms with Crippen molar-refractivity contribution >= 4 is 21.7 Å². The number of aryl methyl sites for hydroxylation is 1. The molecule has 2 aromatic heterocycles. The summed E-state index contributed by atoms with van der Waals surface area (Å²) in [4.78, 5) is 17.3. The molecule has 2 heterocycles. The zero-order valence-electron chi connectivity index (χ0n) is 17.1. The second-order valence-corrected chi connectivity index (χ2v) is 7.36. The summed E-state index contributed by atoms with van der Waals surface area (Å²) < 4.78 is 27.6. The minimum Gasteiger partial charge on any atom is -0.505 e. The third kappa shape index (κ3) is 5.12. The predicted octanol–water partition coefficient (Wildman–Crippen LogP) is 5.76. The number of rotatable bonds is 4. The standard InChI is InChI=1S/C18H16F2N2O2S.C2H6.CH3.Y/c1-9-4-2-3-5-11(9)13-14(23)15-16(21-17(25-15)10-6-7-10)22(18(13)24)8-12(19)20;1-2;;/h2-5,10,12,23H,6-8H2,1H3;1-2H3;1H3;/q;;-1;. The first-order valence-electron chi connectivity index (χ1n) is 9.07. The Hall–Kier alpha value is -1.18. The molecule has 1 fully saturated rings. The van der Waals surface area contributed by atoms with E-state index in [1.54, 1.807) is 12.1 Å². The first-order chi connectivity index (χ1) is 13.0. The van der Waals surface area contributed by atoms with Crippen LogP contribution in [-0.2, 0) is 39.3 Å². The smallest absolute Gasteiger partial charge is 0.264 e. The second kappa shape index (κ2) is 10.7. The maximum Gasteiger partial charge on any atom is 0.264 e. The number of aromatic hydroxyl groups is 1. The average molecular weight is 496 g/mol. The fraction of sp³-hybridized carbons (Fsp3) is 0.381. The molecule has 1 aliphatic rings. The number of aromatic nitrogens is 2. The maximum atomic E-state index is 13.1. The van der Waals surface area contributed by atoms with Crippen LogP contribution >= 0.6 is 11.3 Å². The van der Waals surface area contributed by atoms with Gasteiger partial charge in [-0.3, -0.25) is 9.36 Å². The Morgan fingerprint density at radius 1 is 1.28 bits per heavy atom. The number of thiazole rings is 1. The summed E-state index contributed by atoms with van der Waals surface area (Å²) in [5.41, 5.74) is 0.942.